The van der Waals surface area contributed by atoms with Gasteiger partial charge >= 0.3 is 0 Å². The van der Waals surface area contributed by atoms with Crippen LogP contribution in [0, 0.1) is 6.92 Å². The predicted octanol–water partition coefficient (Wildman–Crippen LogP) is 7.13. The molecule has 34 heavy (non-hydrogen) atoms. The smallest absolute Gasteiger partial charge is 0.293 e. The fourth-order valence-electron chi connectivity index (χ4n) is 3.49. The minimum atomic E-state index is -0.316. The maximum absolute atomic E-state index is 12.9. The van der Waals surface area contributed by atoms with Crippen LogP contribution < -0.4 is 9.47 Å². The first-order valence-corrected chi connectivity index (χ1v) is 12.0. The number of carbonyl (C=O) groups excluding carboxylic acids is 2. The second-order valence-corrected chi connectivity index (χ2v) is 9.46. The number of amides is 2. The lowest BCUT2D eigenvalue weighted by Gasteiger charge is -2.13. The molecule has 2 amide bonds. The molecule has 0 unspecified atom stereocenters. The molecule has 0 bridgehead atoms. The van der Waals surface area contributed by atoms with Crippen LogP contribution in [0.3, 0.4) is 0 Å². The van der Waals surface area contributed by atoms with Crippen molar-refractivity contribution in [1.29, 1.82) is 0 Å². The summed E-state index contributed by atoms with van der Waals surface area (Å²) >= 11 is 13.4. The predicted molar refractivity (Wildman–Crippen MR) is 136 cm³/mol. The van der Waals surface area contributed by atoms with Gasteiger partial charge in [-0.25, -0.2) is 0 Å². The van der Waals surface area contributed by atoms with E-state index in [2.05, 4.69) is 0 Å². The van der Waals surface area contributed by atoms with Gasteiger partial charge in [-0.1, -0.05) is 65.2 Å². The van der Waals surface area contributed by atoms with Gasteiger partial charge in [0.1, 0.15) is 6.61 Å². The van der Waals surface area contributed by atoms with Crippen molar-refractivity contribution >= 4 is 52.2 Å². The van der Waals surface area contributed by atoms with E-state index in [1.165, 1.54) is 12.0 Å². The van der Waals surface area contributed by atoms with Gasteiger partial charge in [-0.3, -0.25) is 14.5 Å². The molecule has 1 aliphatic heterocycles. The molecule has 1 aliphatic rings. The minimum Gasteiger partial charge on any atom is -0.493 e. The lowest BCUT2D eigenvalue weighted by atomic mass is 10.1. The highest BCUT2D eigenvalue weighted by Gasteiger charge is 2.35. The number of halogens is 2. The lowest BCUT2D eigenvalue weighted by Crippen LogP contribution is -2.27. The molecule has 0 aliphatic carbocycles. The third kappa shape index (κ3) is 5.41. The maximum Gasteiger partial charge on any atom is 0.293 e. The topological polar surface area (TPSA) is 55.8 Å². The van der Waals surface area contributed by atoms with Gasteiger partial charge in [0.2, 0.25) is 0 Å². The summed E-state index contributed by atoms with van der Waals surface area (Å²) in [5.74, 6) is 0.670. The molecule has 0 atom stereocenters. The van der Waals surface area contributed by atoms with Crippen LogP contribution in [0.2, 0.25) is 10.0 Å². The monoisotopic (exact) mass is 513 g/mol. The third-order valence-corrected chi connectivity index (χ3v) is 6.83. The van der Waals surface area contributed by atoms with E-state index in [0.717, 1.165) is 22.9 Å². The quantitative estimate of drug-likeness (QED) is 0.314. The number of hydrogen-bond acceptors (Lipinski definition) is 5. The number of methoxy groups -OCH3 is 1. The number of hydrogen-bond donors (Lipinski definition) is 0. The average Bonchev–Trinajstić information content (AvgIpc) is 3.06. The first-order chi connectivity index (χ1) is 16.4. The van der Waals surface area contributed by atoms with Gasteiger partial charge in [0.25, 0.3) is 11.1 Å². The molecule has 1 saturated heterocycles. The number of rotatable bonds is 7. The van der Waals surface area contributed by atoms with Crippen molar-refractivity contribution in [2.45, 2.75) is 20.1 Å². The standard InChI is InChI=1S/C26H21Cl2NO4S/c1-16-5-3-6-18(11-16)14-29-25(30)24(34-26(29)31)13-17-9-10-22(23(12-17)32-2)33-15-19-20(27)7-4-8-21(19)28/h3-13H,14-15H2,1-2H3/b24-13-. The van der Waals surface area contributed by atoms with Gasteiger partial charge in [0.15, 0.2) is 11.5 Å². The average molecular weight is 514 g/mol. The van der Waals surface area contributed by atoms with Crippen molar-refractivity contribution in [2.24, 2.45) is 0 Å². The molecular weight excluding hydrogens is 493 g/mol. The van der Waals surface area contributed by atoms with Gasteiger partial charge in [-0.15, -0.1) is 0 Å². The summed E-state index contributed by atoms with van der Waals surface area (Å²) in [5.41, 5.74) is 3.37. The van der Waals surface area contributed by atoms with Gasteiger partial charge in [0, 0.05) is 15.6 Å². The number of imide groups is 1. The van der Waals surface area contributed by atoms with E-state index in [0.29, 0.717) is 37.6 Å². The fraction of sp³-hybridized carbons (Fsp3) is 0.154. The normalized spacial score (nSPS) is 14.7. The summed E-state index contributed by atoms with van der Waals surface area (Å²) < 4.78 is 11.4. The third-order valence-electron chi connectivity index (χ3n) is 5.22. The van der Waals surface area contributed by atoms with Crippen molar-refractivity contribution < 1.29 is 19.1 Å². The van der Waals surface area contributed by atoms with Crippen LogP contribution in [0.1, 0.15) is 22.3 Å². The first-order valence-electron chi connectivity index (χ1n) is 10.4. The highest BCUT2D eigenvalue weighted by Crippen LogP contribution is 2.36. The summed E-state index contributed by atoms with van der Waals surface area (Å²) in [6, 6.07) is 18.3. The van der Waals surface area contributed by atoms with Gasteiger partial charge in [0.05, 0.1) is 18.6 Å². The van der Waals surface area contributed by atoms with Crippen LogP contribution in [0.5, 0.6) is 11.5 Å². The van der Waals surface area contributed by atoms with Gasteiger partial charge < -0.3 is 9.47 Å². The Morgan fingerprint density at radius 3 is 2.41 bits per heavy atom. The summed E-state index contributed by atoms with van der Waals surface area (Å²) in [5, 5.41) is 0.746. The SMILES string of the molecule is COc1cc(/C=C2\SC(=O)N(Cc3cccc(C)c3)C2=O)ccc1OCc1c(Cl)cccc1Cl. The molecule has 1 heterocycles. The fourth-order valence-corrected chi connectivity index (χ4v) is 4.84. The van der Waals surface area contributed by atoms with Crippen molar-refractivity contribution in [3.05, 3.63) is 97.9 Å². The highest BCUT2D eigenvalue weighted by atomic mass is 35.5. The molecule has 8 heteroatoms. The second-order valence-electron chi connectivity index (χ2n) is 7.66. The van der Waals surface area contributed by atoms with Crippen LogP contribution in [0.25, 0.3) is 6.08 Å². The Labute approximate surface area is 212 Å². The van der Waals surface area contributed by atoms with Crippen molar-refractivity contribution in [3.63, 3.8) is 0 Å². The van der Waals surface area contributed by atoms with E-state index >= 15 is 0 Å². The minimum absolute atomic E-state index is 0.173. The largest absolute Gasteiger partial charge is 0.493 e. The zero-order valence-electron chi connectivity index (χ0n) is 18.5. The molecule has 4 rings (SSSR count). The summed E-state index contributed by atoms with van der Waals surface area (Å²) in [6.45, 7) is 2.39. The van der Waals surface area contributed by atoms with Crippen LogP contribution in [0.15, 0.2) is 65.6 Å². The Balaban J connectivity index is 1.50. The van der Waals surface area contributed by atoms with Crippen LogP contribution in [0.4, 0.5) is 4.79 Å². The van der Waals surface area contributed by atoms with Crippen LogP contribution >= 0.6 is 35.0 Å². The molecule has 174 valence electrons. The molecule has 1 fully saturated rings. The molecular formula is C26H21Cl2NO4S. The zero-order chi connectivity index (χ0) is 24.2. The molecule has 3 aromatic carbocycles. The van der Waals surface area contributed by atoms with Crippen LogP contribution in [-0.2, 0) is 17.9 Å². The molecule has 0 radical (unpaired) electrons. The van der Waals surface area contributed by atoms with Gasteiger partial charge in [-0.05, 0) is 60.2 Å². The molecule has 0 saturated carbocycles. The van der Waals surface area contributed by atoms with E-state index < -0.39 is 0 Å². The Morgan fingerprint density at radius 1 is 0.971 bits per heavy atom. The molecule has 5 nitrogen and oxygen atoms in total. The highest BCUT2D eigenvalue weighted by molar-refractivity contribution is 8.18. The molecule has 0 aromatic heterocycles. The van der Waals surface area contributed by atoms with E-state index in [9.17, 15) is 9.59 Å². The van der Waals surface area contributed by atoms with E-state index in [1.54, 1.807) is 42.5 Å². The van der Waals surface area contributed by atoms with Crippen molar-refractivity contribution in [2.75, 3.05) is 7.11 Å². The van der Waals surface area contributed by atoms with E-state index in [-0.39, 0.29) is 24.3 Å². The Morgan fingerprint density at radius 2 is 1.71 bits per heavy atom. The number of ether oxygens (including phenoxy) is 2. The molecule has 0 N–H and O–H groups in total. The Bertz CT molecular complexity index is 1270. The zero-order valence-corrected chi connectivity index (χ0v) is 20.8. The number of benzene rings is 3. The number of nitrogens with zero attached hydrogens (tertiary/aromatic N) is 1. The number of aryl methyl sites for hydroxylation is 1. The summed E-state index contributed by atoms with van der Waals surface area (Å²) in [4.78, 5) is 27.0. The van der Waals surface area contributed by atoms with Gasteiger partial charge in [-0.2, -0.15) is 0 Å². The summed E-state index contributed by atoms with van der Waals surface area (Å²) in [7, 11) is 1.53. The number of thioether (sulfide) groups is 1. The first kappa shape index (κ1) is 24.2. The second kappa shape index (κ2) is 10.6. The molecule has 3 aromatic rings. The van der Waals surface area contributed by atoms with Crippen molar-refractivity contribution in [3.8, 4) is 11.5 Å². The number of carbonyl (C=O) groups is 2. The van der Waals surface area contributed by atoms with E-state index in [1.807, 2.05) is 31.2 Å². The lowest BCUT2D eigenvalue weighted by molar-refractivity contribution is -0.123. The van der Waals surface area contributed by atoms with E-state index in [4.69, 9.17) is 32.7 Å². The maximum atomic E-state index is 12.9. The summed E-state index contributed by atoms with van der Waals surface area (Å²) in [6.07, 6.45) is 1.68. The Hall–Kier alpha value is -2.93. The van der Waals surface area contributed by atoms with Crippen molar-refractivity contribution in [1.82, 2.24) is 4.90 Å². The van der Waals surface area contributed by atoms with Crippen LogP contribution in [-0.4, -0.2) is 23.2 Å². The Kier molecular flexibility index (Phi) is 7.51. The molecule has 0 spiro atoms.